The Balaban J connectivity index is 3.90. The molecule has 4 nitrogen and oxygen atoms in total. The van der Waals surface area contributed by atoms with Crippen molar-refractivity contribution in [2.24, 2.45) is 5.92 Å². The van der Waals surface area contributed by atoms with Gasteiger partial charge in [-0.3, -0.25) is 4.79 Å². The maximum Gasteiger partial charge on any atom is 0.307 e. The summed E-state index contributed by atoms with van der Waals surface area (Å²) in [5.41, 5.74) is 0. The highest BCUT2D eigenvalue weighted by Gasteiger charge is 2.17. The van der Waals surface area contributed by atoms with Gasteiger partial charge in [-0.1, -0.05) is 13.8 Å². The Hall–Kier alpha value is -0.610. The van der Waals surface area contributed by atoms with Crippen LogP contribution < -0.4 is 5.32 Å². The summed E-state index contributed by atoms with van der Waals surface area (Å²) in [7, 11) is 0. The number of aliphatic hydroxyl groups excluding tert-OH is 1. The van der Waals surface area contributed by atoms with Gasteiger partial charge in [-0.2, -0.15) is 0 Å². The Labute approximate surface area is 92.0 Å². The lowest BCUT2D eigenvalue weighted by Crippen LogP contribution is -2.43. The van der Waals surface area contributed by atoms with Crippen LogP contribution in [-0.4, -0.2) is 36.4 Å². The molecule has 0 saturated carbocycles. The van der Waals surface area contributed by atoms with Gasteiger partial charge in [-0.25, -0.2) is 0 Å². The van der Waals surface area contributed by atoms with E-state index >= 15 is 0 Å². The van der Waals surface area contributed by atoms with Crippen LogP contribution in [0.1, 0.15) is 34.1 Å². The molecular weight excluding hydrogens is 194 g/mol. The number of hydrogen-bond donors (Lipinski definition) is 2. The Bertz CT molecular complexity index is 183. The van der Waals surface area contributed by atoms with Crippen molar-refractivity contribution in [1.82, 2.24) is 5.32 Å². The molecule has 4 heteroatoms. The van der Waals surface area contributed by atoms with E-state index in [4.69, 9.17) is 9.84 Å². The van der Waals surface area contributed by atoms with Crippen LogP contribution in [-0.2, 0) is 9.53 Å². The van der Waals surface area contributed by atoms with Crippen LogP contribution >= 0.6 is 0 Å². The molecule has 0 aromatic carbocycles. The number of rotatable bonds is 7. The summed E-state index contributed by atoms with van der Waals surface area (Å²) < 4.78 is 4.85. The Morgan fingerprint density at radius 2 is 2.00 bits per heavy atom. The van der Waals surface area contributed by atoms with Crippen molar-refractivity contribution < 1.29 is 14.6 Å². The number of carbonyl (C=O) groups is 1. The summed E-state index contributed by atoms with van der Waals surface area (Å²) >= 11 is 0. The Morgan fingerprint density at radius 3 is 2.40 bits per heavy atom. The fourth-order valence-electron chi connectivity index (χ4n) is 1.35. The molecule has 0 fully saturated rings. The minimum Gasteiger partial charge on any atom is -0.466 e. The third-order valence-corrected chi connectivity index (χ3v) is 2.28. The summed E-state index contributed by atoms with van der Waals surface area (Å²) in [5, 5.41) is 12.3. The number of ether oxygens (including phenoxy) is 1. The summed E-state index contributed by atoms with van der Waals surface area (Å²) in [4.78, 5) is 11.2. The SMILES string of the molecule is CCOC(=O)CC(C)NC(CO)C(C)C. The molecule has 0 bridgehead atoms. The van der Waals surface area contributed by atoms with Gasteiger partial charge in [0.25, 0.3) is 0 Å². The zero-order valence-electron chi connectivity index (χ0n) is 10.1. The summed E-state index contributed by atoms with van der Waals surface area (Å²) in [6.07, 6.45) is 0.344. The van der Waals surface area contributed by atoms with Gasteiger partial charge in [0.1, 0.15) is 0 Å². The van der Waals surface area contributed by atoms with Crippen LogP contribution in [0.15, 0.2) is 0 Å². The normalized spacial score (nSPS) is 15.1. The largest absolute Gasteiger partial charge is 0.466 e. The highest BCUT2D eigenvalue weighted by atomic mass is 16.5. The van der Waals surface area contributed by atoms with E-state index in [0.717, 1.165) is 0 Å². The van der Waals surface area contributed by atoms with Crippen LogP contribution in [0.2, 0.25) is 0 Å². The van der Waals surface area contributed by atoms with E-state index in [9.17, 15) is 4.79 Å². The quantitative estimate of drug-likeness (QED) is 0.623. The zero-order valence-corrected chi connectivity index (χ0v) is 10.1. The number of hydrogen-bond acceptors (Lipinski definition) is 4. The average Bonchev–Trinajstić information content (AvgIpc) is 2.13. The lowest BCUT2D eigenvalue weighted by Gasteiger charge is -2.24. The molecule has 15 heavy (non-hydrogen) atoms. The molecule has 2 unspecified atom stereocenters. The predicted molar refractivity (Wildman–Crippen MR) is 59.6 cm³/mol. The van der Waals surface area contributed by atoms with E-state index in [1.807, 2.05) is 20.8 Å². The van der Waals surface area contributed by atoms with Gasteiger partial charge in [0.15, 0.2) is 0 Å². The molecule has 0 heterocycles. The minimum atomic E-state index is -0.196. The summed E-state index contributed by atoms with van der Waals surface area (Å²) in [5.74, 6) is 0.151. The van der Waals surface area contributed by atoms with Crippen LogP contribution in [0.4, 0.5) is 0 Å². The molecule has 0 aromatic rings. The molecule has 0 radical (unpaired) electrons. The molecule has 0 aliphatic heterocycles. The molecule has 0 saturated heterocycles. The average molecular weight is 217 g/mol. The predicted octanol–water partition coefficient (Wildman–Crippen LogP) is 0.935. The topological polar surface area (TPSA) is 58.6 Å². The molecule has 0 aliphatic rings. The van der Waals surface area contributed by atoms with Gasteiger partial charge in [-0.05, 0) is 19.8 Å². The van der Waals surface area contributed by atoms with Crippen molar-refractivity contribution >= 4 is 5.97 Å². The molecule has 2 N–H and O–H groups in total. The lowest BCUT2D eigenvalue weighted by molar-refractivity contribution is -0.143. The second kappa shape index (κ2) is 7.65. The first-order valence-electron chi connectivity index (χ1n) is 5.53. The minimum absolute atomic E-state index is 0.0311. The van der Waals surface area contributed by atoms with E-state index < -0.39 is 0 Å². The number of aliphatic hydroxyl groups is 1. The van der Waals surface area contributed by atoms with Gasteiger partial charge in [-0.15, -0.1) is 0 Å². The molecule has 0 aromatic heterocycles. The van der Waals surface area contributed by atoms with E-state index in [0.29, 0.717) is 18.9 Å². The molecule has 0 rings (SSSR count). The third kappa shape index (κ3) is 6.47. The monoisotopic (exact) mass is 217 g/mol. The summed E-state index contributed by atoms with van der Waals surface area (Å²) in [6.45, 7) is 8.28. The fourth-order valence-corrected chi connectivity index (χ4v) is 1.35. The molecule has 90 valence electrons. The highest BCUT2D eigenvalue weighted by Crippen LogP contribution is 2.04. The number of nitrogens with one attached hydrogen (secondary N) is 1. The summed E-state index contributed by atoms with van der Waals surface area (Å²) in [6, 6.07) is 0.0676. The van der Waals surface area contributed by atoms with Gasteiger partial charge in [0.05, 0.1) is 19.6 Å². The van der Waals surface area contributed by atoms with E-state index in [2.05, 4.69) is 5.32 Å². The van der Waals surface area contributed by atoms with Gasteiger partial charge < -0.3 is 15.2 Å². The second-order valence-corrected chi connectivity index (χ2v) is 4.11. The molecule has 0 amide bonds. The lowest BCUT2D eigenvalue weighted by atomic mass is 10.0. The maximum absolute atomic E-state index is 11.2. The van der Waals surface area contributed by atoms with Crippen LogP contribution in [0, 0.1) is 5.92 Å². The Kier molecular flexibility index (Phi) is 7.34. The maximum atomic E-state index is 11.2. The second-order valence-electron chi connectivity index (χ2n) is 4.11. The molecule has 0 aliphatic carbocycles. The van der Waals surface area contributed by atoms with Crippen molar-refractivity contribution in [1.29, 1.82) is 0 Å². The fraction of sp³-hybridized carbons (Fsp3) is 0.909. The van der Waals surface area contributed by atoms with Crippen LogP contribution in [0.5, 0.6) is 0 Å². The van der Waals surface area contributed by atoms with Crippen LogP contribution in [0.3, 0.4) is 0 Å². The van der Waals surface area contributed by atoms with Crippen molar-refractivity contribution in [2.45, 2.75) is 46.2 Å². The molecule has 2 atom stereocenters. The first kappa shape index (κ1) is 14.4. The number of carbonyl (C=O) groups excluding carboxylic acids is 1. The van der Waals surface area contributed by atoms with Crippen molar-refractivity contribution in [3.63, 3.8) is 0 Å². The zero-order chi connectivity index (χ0) is 11.8. The van der Waals surface area contributed by atoms with Gasteiger partial charge in [0, 0.05) is 12.1 Å². The smallest absolute Gasteiger partial charge is 0.307 e. The highest BCUT2D eigenvalue weighted by molar-refractivity contribution is 5.70. The van der Waals surface area contributed by atoms with Crippen LogP contribution in [0.25, 0.3) is 0 Å². The van der Waals surface area contributed by atoms with Gasteiger partial charge >= 0.3 is 5.97 Å². The standard InChI is InChI=1S/C11H23NO3/c1-5-15-11(14)6-9(4)12-10(7-13)8(2)3/h8-10,12-13H,5-7H2,1-4H3. The first-order valence-corrected chi connectivity index (χ1v) is 5.53. The van der Waals surface area contributed by atoms with E-state index in [1.165, 1.54) is 0 Å². The van der Waals surface area contributed by atoms with Crippen molar-refractivity contribution in [2.75, 3.05) is 13.2 Å². The number of esters is 1. The van der Waals surface area contributed by atoms with Crippen molar-refractivity contribution in [3.8, 4) is 0 Å². The van der Waals surface area contributed by atoms with Crippen molar-refractivity contribution in [3.05, 3.63) is 0 Å². The Morgan fingerprint density at radius 1 is 1.40 bits per heavy atom. The third-order valence-electron chi connectivity index (χ3n) is 2.28. The van der Waals surface area contributed by atoms with Gasteiger partial charge in [0.2, 0.25) is 0 Å². The van der Waals surface area contributed by atoms with E-state index in [1.54, 1.807) is 6.92 Å². The first-order chi connectivity index (χ1) is 7.01. The molecular formula is C11H23NO3. The molecule has 0 spiro atoms. The van der Waals surface area contributed by atoms with E-state index in [-0.39, 0.29) is 24.7 Å².